The van der Waals surface area contributed by atoms with Gasteiger partial charge in [0.2, 0.25) is 0 Å². The zero-order valence-corrected chi connectivity index (χ0v) is 11.4. The largest absolute Gasteiger partial charge is 0.493 e. The third-order valence-electron chi connectivity index (χ3n) is 3.16. The van der Waals surface area contributed by atoms with Crippen LogP contribution in [0.4, 0.5) is 13.2 Å². The summed E-state index contributed by atoms with van der Waals surface area (Å²) in [6.45, 7) is 0.0679. The molecule has 0 aliphatic heterocycles. The number of hydrogen-bond donors (Lipinski definition) is 1. The molecule has 1 N–H and O–H groups in total. The number of aryl methyl sites for hydroxylation is 1. The van der Waals surface area contributed by atoms with Crippen LogP contribution in [0.25, 0.3) is 0 Å². The van der Waals surface area contributed by atoms with Gasteiger partial charge in [-0.2, -0.15) is 13.2 Å². The first-order valence-electron chi connectivity index (χ1n) is 6.13. The van der Waals surface area contributed by atoms with Crippen LogP contribution in [0, 0.1) is 0 Å². The number of alkyl halides is 3. The van der Waals surface area contributed by atoms with Crippen LogP contribution in [0.5, 0.6) is 5.75 Å². The van der Waals surface area contributed by atoms with Gasteiger partial charge in [0.05, 0.1) is 6.61 Å². The molecular weight excluding hydrogens is 275 g/mol. The van der Waals surface area contributed by atoms with Crippen LogP contribution in [-0.4, -0.2) is 24.9 Å². The van der Waals surface area contributed by atoms with Gasteiger partial charge in [0.1, 0.15) is 5.75 Å². The molecule has 0 heterocycles. The molecule has 0 spiro atoms. The summed E-state index contributed by atoms with van der Waals surface area (Å²) in [7, 11) is 1.93. The number of rotatable bonds is 5. The maximum Gasteiger partial charge on any atom is 0.441 e. The lowest BCUT2D eigenvalue weighted by atomic mass is 10.1. The molecule has 1 unspecified atom stereocenters. The first-order valence-corrected chi connectivity index (χ1v) is 7.12. The van der Waals surface area contributed by atoms with Gasteiger partial charge in [-0.25, -0.2) is 0 Å². The topological polar surface area (TPSA) is 21.3 Å². The zero-order valence-electron chi connectivity index (χ0n) is 10.6. The Morgan fingerprint density at radius 3 is 2.89 bits per heavy atom. The second-order valence-corrected chi connectivity index (χ2v) is 5.54. The molecular formula is C13H16F3NOS. The van der Waals surface area contributed by atoms with E-state index in [1.807, 2.05) is 25.2 Å². The van der Waals surface area contributed by atoms with Crippen LogP contribution in [0.15, 0.2) is 18.2 Å². The van der Waals surface area contributed by atoms with Crippen molar-refractivity contribution in [1.29, 1.82) is 0 Å². The molecule has 0 amide bonds. The number of ether oxygens (including phenoxy) is 1. The number of halogens is 3. The highest BCUT2D eigenvalue weighted by Gasteiger charge is 2.27. The second-order valence-electron chi connectivity index (χ2n) is 4.38. The Morgan fingerprint density at radius 2 is 2.21 bits per heavy atom. The van der Waals surface area contributed by atoms with E-state index < -0.39 is 5.51 Å². The predicted octanol–water partition coefficient (Wildman–Crippen LogP) is 3.53. The Labute approximate surface area is 114 Å². The summed E-state index contributed by atoms with van der Waals surface area (Å²) in [5, 5.41) is 3.24. The highest BCUT2D eigenvalue weighted by Crippen LogP contribution is 2.33. The van der Waals surface area contributed by atoms with Crippen molar-refractivity contribution in [2.45, 2.75) is 24.4 Å². The standard InChI is InChI=1S/C13H16F3NOS/c1-17-12-5-2-9-8-10(3-4-11(9)12)18-6-7-19-13(14,15)16/h3-4,8,12,17H,2,5-7H2,1H3. The Bertz CT molecular complexity index is 436. The molecule has 19 heavy (non-hydrogen) atoms. The van der Waals surface area contributed by atoms with Crippen molar-refractivity contribution in [2.24, 2.45) is 0 Å². The molecule has 2 rings (SSSR count). The molecule has 0 aromatic heterocycles. The monoisotopic (exact) mass is 291 g/mol. The molecule has 0 saturated carbocycles. The molecule has 106 valence electrons. The van der Waals surface area contributed by atoms with Gasteiger partial charge in [-0.05, 0) is 54.9 Å². The van der Waals surface area contributed by atoms with Crippen LogP contribution in [-0.2, 0) is 6.42 Å². The van der Waals surface area contributed by atoms with Crippen LogP contribution < -0.4 is 10.1 Å². The van der Waals surface area contributed by atoms with Crippen LogP contribution in [0.2, 0.25) is 0 Å². The lowest BCUT2D eigenvalue weighted by Crippen LogP contribution is -2.12. The van der Waals surface area contributed by atoms with Crippen molar-refractivity contribution in [3.8, 4) is 5.75 Å². The summed E-state index contributed by atoms with van der Waals surface area (Å²) < 4.78 is 41.2. The fourth-order valence-corrected chi connectivity index (χ4v) is 2.70. The molecule has 2 nitrogen and oxygen atoms in total. The fraction of sp³-hybridized carbons (Fsp3) is 0.538. The van der Waals surface area contributed by atoms with Gasteiger partial charge in [0, 0.05) is 11.8 Å². The average molecular weight is 291 g/mol. The maximum absolute atomic E-state index is 11.9. The van der Waals surface area contributed by atoms with E-state index in [2.05, 4.69) is 5.32 Å². The third-order valence-corrected chi connectivity index (χ3v) is 3.86. The van der Waals surface area contributed by atoms with E-state index in [4.69, 9.17) is 4.74 Å². The molecule has 6 heteroatoms. The van der Waals surface area contributed by atoms with Crippen LogP contribution in [0.3, 0.4) is 0 Å². The van der Waals surface area contributed by atoms with Crippen molar-refractivity contribution >= 4 is 11.8 Å². The van der Waals surface area contributed by atoms with E-state index in [-0.39, 0.29) is 24.1 Å². The second kappa shape index (κ2) is 6.05. The SMILES string of the molecule is CNC1CCc2cc(OCCSC(F)(F)F)ccc21. The number of nitrogens with one attached hydrogen (secondary N) is 1. The first-order chi connectivity index (χ1) is 8.99. The third kappa shape index (κ3) is 4.04. The molecule has 0 bridgehead atoms. The smallest absolute Gasteiger partial charge is 0.441 e. The summed E-state index contributed by atoms with van der Waals surface area (Å²) in [6.07, 6.45) is 2.04. The van der Waals surface area contributed by atoms with Gasteiger partial charge < -0.3 is 10.1 Å². The van der Waals surface area contributed by atoms with Crippen molar-refractivity contribution in [3.05, 3.63) is 29.3 Å². The normalized spacial score (nSPS) is 18.4. The van der Waals surface area contributed by atoms with E-state index in [0.29, 0.717) is 11.8 Å². The van der Waals surface area contributed by atoms with Crippen molar-refractivity contribution in [1.82, 2.24) is 5.32 Å². The summed E-state index contributed by atoms with van der Waals surface area (Å²) in [6, 6.07) is 6.14. The quantitative estimate of drug-likeness (QED) is 0.839. The van der Waals surface area contributed by atoms with Gasteiger partial charge in [-0.1, -0.05) is 6.07 Å². The number of fused-ring (bicyclic) bond motifs is 1. The van der Waals surface area contributed by atoms with Crippen molar-refractivity contribution < 1.29 is 17.9 Å². The average Bonchev–Trinajstić information content (AvgIpc) is 2.75. The number of hydrogen-bond acceptors (Lipinski definition) is 3. The highest BCUT2D eigenvalue weighted by atomic mass is 32.2. The fourth-order valence-electron chi connectivity index (χ4n) is 2.30. The van der Waals surface area contributed by atoms with Gasteiger partial charge in [-0.15, -0.1) is 0 Å². The Kier molecular flexibility index (Phi) is 4.62. The van der Waals surface area contributed by atoms with Crippen molar-refractivity contribution in [2.75, 3.05) is 19.4 Å². The Hall–Kier alpha value is -0.880. The van der Waals surface area contributed by atoms with Gasteiger partial charge in [-0.3, -0.25) is 0 Å². The lowest BCUT2D eigenvalue weighted by Gasteiger charge is -2.11. The minimum Gasteiger partial charge on any atom is -0.493 e. The minimum absolute atomic E-state index is 0.0527. The Balaban J connectivity index is 1.86. The number of thioether (sulfide) groups is 1. The van der Waals surface area contributed by atoms with E-state index in [1.165, 1.54) is 11.1 Å². The molecule has 1 aromatic rings. The van der Waals surface area contributed by atoms with Crippen LogP contribution in [0.1, 0.15) is 23.6 Å². The molecule has 0 saturated heterocycles. The highest BCUT2D eigenvalue weighted by molar-refractivity contribution is 8.00. The first kappa shape index (κ1) is 14.5. The van der Waals surface area contributed by atoms with Crippen LogP contribution >= 0.6 is 11.8 Å². The summed E-state index contributed by atoms with van der Waals surface area (Å²) in [4.78, 5) is 0. The minimum atomic E-state index is -4.18. The van der Waals surface area contributed by atoms with E-state index >= 15 is 0 Å². The molecule has 0 fully saturated rings. The van der Waals surface area contributed by atoms with Crippen molar-refractivity contribution in [3.63, 3.8) is 0 Å². The van der Waals surface area contributed by atoms with E-state index in [9.17, 15) is 13.2 Å². The molecule has 1 aliphatic carbocycles. The molecule has 1 atom stereocenters. The molecule has 1 aromatic carbocycles. The van der Waals surface area contributed by atoms with Gasteiger partial charge >= 0.3 is 5.51 Å². The van der Waals surface area contributed by atoms with E-state index in [1.54, 1.807) is 0 Å². The predicted molar refractivity (Wildman–Crippen MR) is 70.6 cm³/mol. The maximum atomic E-state index is 11.9. The number of benzene rings is 1. The summed E-state index contributed by atoms with van der Waals surface area (Å²) >= 11 is -0.0527. The van der Waals surface area contributed by atoms with Gasteiger partial charge in [0.15, 0.2) is 0 Å². The van der Waals surface area contributed by atoms with E-state index in [0.717, 1.165) is 12.8 Å². The molecule has 1 aliphatic rings. The Morgan fingerprint density at radius 1 is 1.42 bits per heavy atom. The lowest BCUT2D eigenvalue weighted by molar-refractivity contribution is -0.0329. The summed E-state index contributed by atoms with van der Waals surface area (Å²) in [5.41, 5.74) is -1.69. The zero-order chi connectivity index (χ0) is 13.9. The summed E-state index contributed by atoms with van der Waals surface area (Å²) in [5.74, 6) is 0.568. The van der Waals surface area contributed by atoms with Gasteiger partial charge in [0.25, 0.3) is 0 Å². The molecule has 0 radical (unpaired) electrons.